The van der Waals surface area contributed by atoms with Crippen LogP contribution in [0.5, 0.6) is 0 Å². The van der Waals surface area contributed by atoms with Gasteiger partial charge in [0.25, 0.3) is 0 Å². The highest BCUT2D eigenvalue weighted by molar-refractivity contribution is 7.89. The van der Waals surface area contributed by atoms with Crippen LogP contribution >= 0.6 is 0 Å². The average molecular weight is 364 g/mol. The van der Waals surface area contributed by atoms with Crippen molar-refractivity contribution in [3.8, 4) is 0 Å². The van der Waals surface area contributed by atoms with Crippen molar-refractivity contribution >= 4 is 15.7 Å². The number of morpholine rings is 1. The van der Waals surface area contributed by atoms with E-state index in [0.29, 0.717) is 6.42 Å². The Morgan fingerprint density at radius 1 is 1.08 bits per heavy atom. The summed E-state index contributed by atoms with van der Waals surface area (Å²) in [5.41, 5.74) is 2.19. The van der Waals surface area contributed by atoms with Crippen molar-refractivity contribution in [3.63, 3.8) is 0 Å². The molecule has 134 valence electrons. The summed E-state index contributed by atoms with van der Waals surface area (Å²) in [4.78, 5) is 2.20. The number of anilines is 1. The van der Waals surface area contributed by atoms with Crippen LogP contribution in [0.3, 0.4) is 0 Å². The van der Waals surface area contributed by atoms with Gasteiger partial charge in [-0.15, -0.1) is 0 Å². The van der Waals surface area contributed by atoms with Gasteiger partial charge in [-0.2, -0.15) is 0 Å². The number of nitrogens with zero attached hydrogens (tertiary/aromatic N) is 1. The maximum Gasteiger partial charge on any atom is 0.240 e. The molecule has 1 aliphatic heterocycles. The Hall–Kier alpha value is -1.96. The van der Waals surface area contributed by atoms with Crippen LogP contribution in [0.1, 0.15) is 5.56 Å². The Kier molecular flexibility index (Phi) is 5.67. The monoisotopic (exact) mass is 364 g/mol. The number of halogens is 1. The first kappa shape index (κ1) is 17.8. The van der Waals surface area contributed by atoms with Gasteiger partial charge in [-0.05, 0) is 42.3 Å². The Morgan fingerprint density at radius 3 is 2.48 bits per heavy atom. The Labute approximate surface area is 147 Å². The number of sulfonamides is 1. The third-order valence-corrected chi connectivity index (χ3v) is 5.58. The van der Waals surface area contributed by atoms with Crippen molar-refractivity contribution in [1.82, 2.24) is 4.72 Å². The van der Waals surface area contributed by atoms with Gasteiger partial charge < -0.3 is 9.64 Å². The van der Waals surface area contributed by atoms with E-state index in [2.05, 4.69) is 9.62 Å². The normalized spacial score (nSPS) is 15.3. The highest BCUT2D eigenvalue weighted by atomic mass is 32.2. The molecular formula is C18H21FN2O3S. The van der Waals surface area contributed by atoms with Crippen LogP contribution in [0.25, 0.3) is 0 Å². The molecule has 0 bridgehead atoms. The molecule has 1 N–H and O–H groups in total. The molecule has 1 fully saturated rings. The molecule has 1 saturated heterocycles. The van der Waals surface area contributed by atoms with Crippen molar-refractivity contribution in [2.24, 2.45) is 0 Å². The molecule has 0 unspecified atom stereocenters. The predicted octanol–water partition coefficient (Wildman–Crippen LogP) is 2.18. The lowest BCUT2D eigenvalue weighted by Crippen LogP contribution is -2.36. The average Bonchev–Trinajstić information content (AvgIpc) is 2.63. The number of ether oxygens (including phenoxy) is 1. The molecular weight excluding hydrogens is 343 g/mol. The third-order valence-electron chi connectivity index (χ3n) is 4.12. The molecule has 0 aromatic heterocycles. The van der Waals surface area contributed by atoms with E-state index in [1.165, 1.54) is 18.2 Å². The van der Waals surface area contributed by atoms with Crippen molar-refractivity contribution in [1.29, 1.82) is 0 Å². The molecule has 0 aliphatic carbocycles. The summed E-state index contributed by atoms with van der Waals surface area (Å²) >= 11 is 0. The van der Waals surface area contributed by atoms with Crippen LogP contribution in [-0.4, -0.2) is 41.3 Å². The number of nitrogens with one attached hydrogen (secondary N) is 1. The van der Waals surface area contributed by atoms with Crippen LogP contribution < -0.4 is 9.62 Å². The lowest BCUT2D eigenvalue weighted by atomic mass is 10.1. The summed E-state index contributed by atoms with van der Waals surface area (Å²) in [6.45, 7) is 3.50. The second-order valence-corrected chi connectivity index (χ2v) is 7.64. The molecule has 3 rings (SSSR count). The summed E-state index contributed by atoms with van der Waals surface area (Å²) in [6.07, 6.45) is 0.567. The zero-order valence-electron chi connectivity index (χ0n) is 13.8. The number of benzene rings is 2. The molecule has 7 heteroatoms. The van der Waals surface area contributed by atoms with Gasteiger partial charge in [0, 0.05) is 25.3 Å². The maximum absolute atomic E-state index is 13.2. The van der Waals surface area contributed by atoms with Crippen molar-refractivity contribution < 1.29 is 17.5 Å². The van der Waals surface area contributed by atoms with Gasteiger partial charge in [0.15, 0.2) is 0 Å². The lowest BCUT2D eigenvalue weighted by molar-refractivity contribution is 0.122. The van der Waals surface area contributed by atoms with Crippen molar-refractivity contribution in [2.75, 3.05) is 37.7 Å². The minimum absolute atomic E-state index is 0.0600. The summed E-state index contributed by atoms with van der Waals surface area (Å²) in [5.74, 6) is -0.568. The fourth-order valence-corrected chi connectivity index (χ4v) is 3.81. The van der Waals surface area contributed by atoms with E-state index in [-0.39, 0.29) is 11.4 Å². The van der Waals surface area contributed by atoms with E-state index in [1.807, 2.05) is 24.3 Å². The Bertz CT molecular complexity index is 803. The Balaban J connectivity index is 1.55. The van der Waals surface area contributed by atoms with Crippen LogP contribution in [0.4, 0.5) is 10.1 Å². The van der Waals surface area contributed by atoms with Gasteiger partial charge in [-0.3, -0.25) is 0 Å². The second kappa shape index (κ2) is 7.95. The quantitative estimate of drug-likeness (QED) is 0.854. The molecule has 0 radical (unpaired) electrons. The molecule has 5 nitrogen and oxygen atoms in total. The van der Waals surface area contributed by atoms with Gasteiger partial charge >= 0.3 is 0 Å². The van der Waals surface area contributed by atoms with E-state index in [4.69, 9.17) is 4.74 Å². The SMILES string of the molecule is O=S(=O)(NCCc1ccc(N2CCOCC2)cc1)c1cccc(F)c1. The summed E-state index contributed by atoms with van der Waals surface area (Å²) in [5, 5.41) is 0. The van der Waals surface area contributed by atoms with E-state index < -0.39 is 15.8 Å². The molecule has 1 aliphatic rings. The minimum atomic E-state index is -3.69. The van der Waals surface area contributed by atoms with Crippen molar-refractivity contribution in [2.45, 2.75) is 11.3 Å². The van der Waals surface area contributed by atoms with Crippen LogP contribution in [-0.2, 0) is 21.2 Å². The van der Waals surface area contributed by atoms with E-state index in [1.54, 1.807) is 0 Å². The second-order valence-electron chi connectivity index (χ2n) is 5.87. The van der Waals surface area contributed by atoms with E-state index in [9.17, 15) is 12.8 Å². The first-order valence-corrected chi connectivity index (χ1v) is 9.70. The predicted molar refractivity (Wildman–Crippen MR) is 94.8 cm³/mol. The number of hydrogen-bond donors (Lipinski definition) is 1. The highest BCUT2D eigenvalue weighted by Gasteiger charge is 2.14. The lowest BCUT2D eigenvalue weighted by Gasteiger charge is -2.28. The summed E-state index contributed by atoms with van der Waals surface area (Å²) < 4.78 is 45.3. The minimum Gasteiger partial charge on any atom is -0.378 e. The number of rotatable bonds is 6. The van der Waals surface area contributed by atoms with Crippen molar-refractivity contribution in [3.05, 3.63) is 59.9 Å². The molecule has 25 heavy (non-hydrogen) atoms. The highest BCUT2D eigenvalue weighted by Crippen LogP contribution is 2.17. The molecule has 0 atom stereocenters. The molecule has 0 spiro atoms. The zero-order valence-corrected chi connectivity index (χ0v) is 14.6. The fraction of sp³-hybridized carbons (Fsp3) is 0.333. The van der Waals surface area contributed by atoms with Gasteiger partial charge in [-0.1, -0.05) is 18.2 Å². The number of hydrogen-bond acceptors (Lipinski definition) is 4. The Morgan fingerprint density at radius 2 is 1.80 bits per heavy atom. The van der Waals surface area contributed by atoms with Crippen LogP contribution in [0.2, 0.25) is 0 Å². The van der Waals surface area contributed by atoms with Gasteiger partial charge in [0.05, 0.1) is 18.1 Å². The first-order valence-electron chi connectivity index (χ1n) is 8.21. The zero-order chi connectivity index (χ0) is 17.7. The van der Waals surface area contributed by atoms with E-state index in [0.717, 1.165) is 43.6 Å². The summed E-state index contributed by atoms with van der Waals surface area (Å²) in [6, 6.07) is 13.1. The van der Waals surface area contributed by atoms with Crippen LogP contribution in [0.15, 0.2) is 53.4 Å². The summed E-state index contributed by atoms with van der Waals surface area (Å²) in [7, 11) is -3.69. The van der Waals surface area contributed by atoms with Crippen LogP contribution in [0, 0.1) is 5.82 Å². The van der Waals surface area contributed by atoms with Gasteiger partial charge in [0.2, 0.25) is 10.0 Å². The first-order chi connectivity index (χ1) is 12.0. The van der Waals surface area contributed by atoms with Gasteiger partial charge in [-0.25, -0.2) is 17.5 Å². The van der Waals surface area contributed by atoms with E-state index >= 15 is 0 Å². The molecule has 2 aromatic carbocycles. The maximum atomic E-state index is 13.2. The van der Waals surface area contributed by atoms with Gasteiger partial charge in [0.1, 0.15) is 5.82 Å². The molecule has 0 saturated carbocycles. The third kappa shape index (κ3) is 4.78. The largest absolute Gasteiger partial charge is 0.378 e. The smallest absolute Gasteiger partial charge is 0.240 e. The topological polar surface area (TPSA) is 58.6 Å². The molecule has 0 amide bonds. The molecule has 1 heterocycles. The standard InChI is InChI=1S/C18H21FN2O3S/c19-16-2-1-3-18(14-16)25(22,23)20-9-8-15-4-6-17(7-5-15)21-10-12-24-13-11-21/h1-7,14,20H,8-13H2. The molecule has 2 aromatic rings. The fourth-order valence-electron chi connectivity index (χ4n) is 2.74.